The van der Waals surface area contributed by atoms with Gasteiger partial charge in [0.1, 0.15) is 0 Å². The zero-order chi connectivity index (χ0) is 16.2. The van der Waals surface area contributed by atoms with Crippen molar-refractivity contribution in [2.75, 3.05) is 46.6 Å². The predicted molar refractivity (Wildman–Crippen MR) is 110 cm³/mol. The van der Waals surface area contributed by atoms with Crippen LogP contribution in [-0.4, -0.2) is 52.5 Å². The highest BCUT2D eigenvalue weighted by molar-refractivity contribution is 14.0. The molecule has 1 aliphatic heterocycles. The van der Waals surface area contributed by atoms with Crippen LogP contribution in [0.25, 0.3) is 0 Å². The van der Waals surface area contributed by atoms with E-state index in [4.69, 9.17) is 9.47 Å². The fourth-order valence-electron chi connectivity index (χ4n) is 3.44. The van der Waals surface area contributed by atoms with Gasteiger partial charge in [-0.3, -0.25) is 4.99 Å². The molecule has 142 valence electrons. The molecular weight excluding hydrogens is 417 g/mol. The molecule has 24 heavy (non-hydrogen) atoms. The molecule has 5 nitrogen and oxygen atoms in total. The number of guanidine groups is 1. The van der Waals surface area contributed by atoms with Gasteiger partial charge in [-0.15, -0.1) is 24.0 Å². The first-order chi connectivity index (χ1) is 11.4. The van der Waals surface area contributed by atoms with Gasteiger partial charge < -0.3 is 20.1 Å². The molecule has 0 amide bonds. The van der Waals surface area contributed by atoms with Gasteiger partial charge in [-0.1, -0.05) is 32.1 Å². The molecule has 0 spiro atoms. The summed E-state index contributed by atoms with van der Waals surface area (Å²) in [5.41, 5.74) is 0. The van der Waals surface area contributed by atoms with Gasteiger partial charge in [-0.25, -0.2) is 0 Å². The van der Waals surface area contributed by atoms with Crippen LogP contribution in [0.3, 0.4) is 0 Å². The Kier molecular flexibility index (Phi) is 12.9. The largest absolute Gasteiger partial charge is 0.381 e. The van der Waals surface area contributed by atoms with Crippen molar-refractivity contribution in [1.29, 1.82) is 0 Å². The SMILES string of the molecule is CN=C(NCCCOCC1CCOC1)NCCC1CCCCC1.I. The summed E-state index contributed by atoms with van der Waals surface area (Å²) in [6.45, 7) is 5.36. The van der Waals surface area contributed by atoms with Crippen molar-refractivity contribution in [3.05, 3.63) is 0 Å². The lowest BCUT2D eigenvalue weighted by Gasteiger charge is -2.22. The molecule has 1 saturated heterocycles. The summed E-state index contributed by atoms with van der Waals surface area (Å²) in [6, 6.07) is 0. The maximum atomic E-state index is 5.71. The predicted octanol–water partition coefficient (Wildman–Crippen LogP) is 3.18. The second-order valence-corrected chi connectivity index (χ2v) is 6.88. The molecule has 6 heteroatoms. The number of rotatable bonds is 9. The van der Waals surface area contributed by atoms with Crippen molar-refractivity contribution in [3.8, 4) is 0 Å². The van der Waals surface area contributed by atoms with Crippen LogP contribution in [0.4, 0.5) is 0 Å². The van der Waals surface area contributed by atoms with Gasteiger partial charge >= 0.3 is 0 Å². The van der Waals surface area contributed by atoms with Crippen LogP contribution in [0.15, 0.2) is 4.99 Å². The topological polar surface area (TPSA) is 54.9 Å². The highest BCUT2D eigenvalue weighted by Gasteiger charge is 2.15. The Hall–Kier alpha value is -0.0800. The van der Waals surface area contributed by atoms with Crippen molar-refractivity contribution >= 4 is 29.9 Å². The Morgan fingerprint density at radius 1 is 1.08 bits per heavy atom. The van der Waals surface area contributed by atoms with E-state index in [-0.39, 0.29) is 24.0 Å². The van der Waals surface area contributed by atoms with E-state index in [0.29, 0.717) is 5.92 Å². The van der Waals surface area contributed by atoms with E-state index in [1.807, 2.05) is 7.05 Å². The lowest BCUT2D eigenvalue weighted by Crippen LogP contribution is -2.39. The lowest BCUT2D eigenvalue weighted by molar-refractivity contribution is 0.0888. The number of nitrogens with one attached hydrogen (secondary N) is 2. The second-order valence-electron chi connectivity index (χ2n) is 6.88. The zero-order valence-corrected chi connectivity index (χ0v) is 17.6. The van der Waals surface area contributed by atoms with Gasteiger partial charge in [0.2, 0.25) is 0 Å². The molecule has 0 radical (unpaired) electrons. The molecule has 0 aromatic heterocycles. The first kappa shape index (κ1) is 22.0. The Morgan fingerprint density at radius 2 is 1.88 bits per heavy atom. The smallest absolute Gasteiger partial charge is 0.190 e. The van der Waals surface area contributed by atoms with Crippen LogP contribution in [0.2, 0.25) is 0 Å². The number of ether oxygens (including phenoxy) is 2. The minimum Gasteiger partial charge on any atom is -0.381 e. The Morgan fingerprint density at radius 3 is 2.58 bits per heavy atom. The summed E-state index contributed by atoms with van der Waals surface area (Å²) in [5, 5.41) is 6.80. The van der Waals surface area contributed by atoms with E-state index in [9.17, 15) is 0 Å². The third-order valence-electron chi connectivity index (χ3n) is 4.93. The molecule has 2 fully saturated rings. The molecule has 1 atom stereocenters. The van der Waals surface area contributed by atoms with Gasteiger partial charge in [0.25, 0.3) is 0 Å². The highest BCUT2D eigenvalue weighted by atomic mass is 127. The van der Waals surface area contributed by atoms with E-state index in [2.05, 4.69) is 15.6 Å². The quantitative estimate of drug-likeness (QED) is 0.244. The summed E-state index contributed by atoms with van der Waals surface area (Å²) >= 11 is 0. The van der Waals surface area contributed by atoms with Crippen molar-refractivity contribution in [2.45, 2.75) is 51.4 Å². The van der Waals surface area contributed by atoms with Crippen LogP contribution >= 0.6 is 24.0 Å². The van der Waals surface area contributed by atoms with Gasteiger partial charge in [-0.2, -0.15) is 0 Å². The van der Waals surface area contributed by atoms with E-state index >= 15 is 0 Å². The van der Waals surface area contributed by atoms with Crippen molar-refractivity contribution in [3.63, 3.8) is 0 Å². The van der Waals surface area contributed by atoms with Crippen LogP contribution in [0.1, 0.15) is 51.4 Å². The van der Waals surface area contributed by atoms with E-state index in [1.54, 1.807) is 0 Å². The lowest BCUT2D eigenvalue weighted by atomic mass is 9.87. The van der Waals surface area contributed by atoms with Crippen LogP contribution in [0.5, 0.6) is 0 Å². The summed E-state index contributed by atoms with van der Waals surface area (Å²) in [4.78, 5) is 4.29. The highest BCUT2D eigenvalue weighted by Crippen LogP contribution is 2.25. The van der Waals surface area contributed by atoms with Gasteiger partial charge in [0.15, 0.2) is 5.96 Å². The maximum absolute atomic E-state index is 5.71. The molecule has 0 bridgehead atoms. The molecule has 0 aromatic rings. The fourth-order valence-corrected chi connectivity index (χ4v) is 3.44. The van der Waals surface area contributed by atoms with Gasteiger partial charge in [-0.05, 0) is 25.2 Å². The molecule has 1 saturated carbocycles. The first-order valence-electron chi connectivity index (χ1n) is 9.48. The standard InChI is InChI=1S/C18H35N3O2.HI/c1-19-18(21-11-8-16-6-3-2-4-7-16)20-10-5-12-22-14-17-9-13-23-15-17;/h16-17H,2-15H2,1H3,(H2,19,20,21);1H. The number of hydrogen-bond donors (Lipinski definition) is 2. The van der Waals surface area contributed by atoms with Crippen molar-refractivity contribution in [1.82, 2.24) is 10.6 Å². The maximum Gasteiger partial charge on any atom is 0.190 e. The third kappa shape index (κ3) is 9.42. The number of hydrogen-bond acceptors (Lipinski definition) is 3. The van der Waals surface area contributed by atoms with Gasteiger partial charge in [0, 0.05) is 39.3 Å². The zero-order valence-electron chi connectivity index (χ0n) is 15.2. The molecule has 1 unspecified atom stereocenters. The average molecular weight is 453 g/mol. The van der Waals surface area contributed by atoms with Crippen LogP contribution in [0, 0.1) is 11.8 Å². The molecule has 0 aromatic carbocycles. The number of nitrogens with zero attached hydrogens (tertiary/aromatic N) is 1. The monoisotopic (exact) mass is 453 g/mol. The molecule has 2 aliphatic rings. The molecule has 2 rings (SSSR count). The van der Waals surface area contributed by atoms with Crippen molar-refractivity contribution < 1.29 is 9.47 Å². The second kappa shape index (κ2) is 14.1. The molecule has 1 heterocycles. The van der Waals surface area contributed by atoms with Crippen molar-refractivity contribution in [2.24, 2.45) is 16.8 Å². The molecular formula is C18H36IN3O2. The molecule has 2 N–H and O–H groups in total. The summed E-state index contributed by atoms with van der Waals surface area (Å²) < 4.78 is 11.1. The normalized spacial score (nSPS) is 22.2. The molecule has 1 aliphatic carbocycles. The van der Waals surface area contributed by atoms with E-state index in [0.717, 1.165) is 64.2 Å². The summed E-state index contributed by atoms with van der Waals surface area (Å²) in [6.07, 6.45) is 10.5. The van der Waals surface area contributed by atoms with Gasteiger partial charge in [0.05, 0.1) is 13.2 Å². The fraction of sp³-hybridized carbons (Fsp3) is 0.944. The summed E-state index contributed by atoms with van der Waals surface area (Å²) in [7, 11) is 1.84. The third-order valence-corrected chi connectivity index (χ3v) is 4.93. The minimum absolute atomic E-state index is 0. The summed E-state index contributed by atoms with van der Waals surface area (Å²) in [5.74, 6) is 2.45. The van der Waals surface area contributed by atoms with Crippen LogP contribution in [-0.2, 0) is 9.47 Å². The Balaban J connectivity index is 0.00000288. The Bertz CT molecular complexity index is 330. The first-order valence-corrected chi connectivity index (χ1v) is 9.48. The Labute approximate surface area is 164 Å². The average Bonchev–Trinajstić information content (AvgIpc) is 3.10. The number of aliphatic imine (C=N–C) groups is 1. The van der Waals surface area contributed by atoms with Crippen LogP contribution < -0.4 is 10.6 Å². The minimum atomic E-state index is 0. The van der Waals surface area contributed by atoms with E-state index in [1.165, 1.54) is 38.5 Å². The number of halogens is 1. The van der Waals surface area contributed by atoms with E-state index < -0.39 is 0 Å².